The Bertz CT molecular complexity index is 343. The molecule has 0 saturated heterocycles. The Balaban J connectivity index is 2.49. The summed E-state index contributed by atoms with van der Waals surface area (Å²) in [6.07, 6.45) is 1.74. The Kier molecular flexibility index (Phi) is 1.73. The summed E-state index contributed by atoms with van der Waals surface area (Å²) in [7, 11) is 0. The second kappa shape index (κ2) is 2.75. The first-order chi connectivity index (χ1) is 5.77. The third-order valence-corrected chi connectivity index (χ3v) is 2.33. The fraction of sp³-hybridized carbons (Fsp3) is 0.444. The van der Waals surface area contributed by atoms with E-state index in [1.807, 2.05) is 10.6 Å². The monoisotopic (exact) mass is 164 g/mol. The molecule has 0 aliphatic carbocycles. The number of hydrogen-bond acceptors (Lipinski definition) is 2. The second-order valence-corrected chi connectivity index (χ2v) is 3.26. The average molecular weight is 164 g/mol. The number of nitrogens with zero attached hydrogens (tertiary/aromatic N) is 1. The van der Waals surface area contributed by atoms with E-state index in [1.54, 1.807) is 12.1 Å². The molecule has 0 radical (unpaired) electrons. The lowest BCUT2D eigenvalue weighted by Crippen LogP contribution is -2.36. The van der Waals surface area contributed by atoms with E-state index in [9.17, 15) is 4.79 Å². The zero-order chi connectivity index (χ0) is 8.55. The Labute approximate surface area is 70.8 Å². The molecule has 1 atom stereocenters. The molecule has 3 nitrogen and oxygen atoms in total. The van der Waals surface area contributed by atoms with E-state index in [0.29, 0.717) is 0 Å². The first-order valence-electron chi connectivity index (χ1n) is 4.21. The summed E-state index contributed by atoms with van der Waals surface area (Å²) in [6, 6.07) is 5.60. The normalized spacial score (nSPS) is 21.9. The summed E-state index contributed by atoms with van der Waals surface area (Å²) in [5.74, 6) is 0. The maximum atomic E-state index is 11.3. The van der Waals surface area contributed by atoms with Crippen LogP contribution in [-0.2, 0) is 13.0 Å². The van der Waals surface area contributed by atoms with Crippen LogP contribution in [0.25, 0.3) is 0 Å². The van der Waals surface area contributed by atoms with Crippen molar-refractivity contribution in [3.63, 3.8) is 0 Å². The zero-order valence-electron chi connectivity index (χ0n) is 6.86. The SMILES string of the molecule is NC1CCn2c(cccc2=O)C1. The quantitative estimate of drug-likeness (QED) is 0.592. The van der Waals surface area contributed by atoms with Crippen LogP contribution < -0.4 is 11.3 Å². The number of fused-ring (bicyclic) bond motifs is 1. The number of nitrogens with two attached hydrogens (primary N) is 1. The fourth-order valence-electron chi connectivity index (χ4n) is 1.66. The molecule has 64 valence electrons. The van der Waals surface area contributed by atoms with Crippen LogP contribution in [0.3, 0.4) is 0 Å². The Morgan fingerprint density at radius 3 is 3.17 bits per heavy atom. The van der Waals surface area contributed by atoms with Gasteiger partial charge in [-0.25, -0.2) is 0 Å². The molecule has 12 heavy (non-hydrogen) atoms. The van der Waals surface area contributed by atoms with Gasteiger partial charge < -0.3 is 10.3 Å². The van der Waals surface area contributed by atoms with E-state index >= 15 is 0 Å². The van der Waals surface area contributed by atoms with Crippen LogP contribution in [0, 0.1) is 0 Å². The summed E-state index contributed by atoms with van der Waals surface area (Å²) in [4.78, 5) is 11.3. The Hall–Kier alpha value is -1.09. The molecule has 0 aromatic carbocycles. The van der Waals surface area contributed by atoms with Gasteiger partial charge >= 0.3 is 0 Å². The highest BCUT2D eigenvalue weighted by Gasteiger charge is 2.14. The second-order valence-electron chi connectivity index (χ2n) is 3.26. The summed E-state index contributed by atoms with van der Waals surface area (Å²) in [6.45, 7) is 0.774. The lowest BCUT2D eigenvalue weighted by molar-refractivity contribution is 0.458. The van der Waals surface area contributed by atoms with Gasteiger partial charge in [0, 0.05) is 30.8 Å². The van der Waals surface area contributed by atoms with Gasteiger partial charge in [-0.2, -0.15) is 0 Å². The van der Waals surface area contributed by atoms with Gasteiger partial charge in [0.15, 0.2) is 0 Å². The van der Waals surface area contributed by atoms with Gasteiger partial charge in [-0.15, -0.1) is 0 Å². The molecule has 1 unspecified atom stereocenters. The fourth-order valence-corrected chi connectivity index (χ4v) is 1.66. The minimum atomic E-state index is 0.0967. The van der Waals surface area contributed by atoms with Crippen LogP contribution in [0.1, 0.15) is 12.1 Å². The Morgan fingerprint density at radius 1 is 1.50 bits per heavy atom. The van der Waals surface area contributed by atoms with E-state index in [-0.39, 0.29) is 11.6 Å². The zero-order valence-corrected chi connectivity index (χ0v) is 6.86. The van der Waals surface area contributed by atoms with E-state index < -0.39 is 0 Å². The highest BCUT2D eigenvalue weighted by Crippen LogP contribution is 2.09. The molecule has 1 aliphatic heterocycles. The molecule has 0 saturated carbocycles. The molecule has 0 spiro atoms. The van der Waals surface area contributed by atoms with E-state index in [1.165, 1.54) is 0 Å². The highest BCUT2D eigenvalue weighted by atomic mass is 16.1. The van der Waals surface area contributed by atoms with Crippen molar-refractivity contribution in [2.45, 2.75) is 25.4 Å². The molecule has 2 heterocycles. The molecule has 1 aromatic rings. The van der Waals surface area contributed by atoms with Crippen molar-refractivity contribution in [3.8, 4) is 0 Å². The largest absolute Gasteiger partial charge is 0.327 e. The summed E-state index contributed by atoms with van der Waals surface area (Å²) < 4.78 is 1.81. The molecule has 0 amide bonds. The van der Waals surface area contributed by atoms with E-state index in [0.717, 1.165) is 25.1 Å². The highest BCUT2D eigenvalue weighted by molar-refractivity contribution is 5.10. The summed E-state index contributed by atoms with van der Waals surface area (Å²) >= 11 is 0. The van der Waals surface area contributed by atoms with Crippen molar-refractivity contribution >= 4 is 0 Å². The average Bonchev–Trinajstić information content (AvgIpc) is 2.04. The van der Waals surface area contributed by atoms with Gasteiger partial charge in [0.2, 0.25) is 0 Å². The maximum absolute atomic E-state index is 11.3. The standard InChI is InChI=1S/C9H12N2O/c10-7-4-5-11-8(6-7)2-1-3-9(11)12/h1-3,7H,4-6,10H2. The number of aromatic nitrogens is 1. The van der Waals surface area contributed by atoms with Crippen molar-refractivity contribution in [1.82, 2.24) is 4.57 Å². The van der Waals surface area contributed by atoms with Crippen LogP contribution in [0.15, 0.2) is 23.0 Å². The van der Waals surface area contributed by atoms with Crippen LogP contribution in [0.2, 0.25) is 0 Å². The molecule has 2 N–H and O–H groups in total. The first-order valence-corrected chi connectivity index (χ1v) is 4.21. The molecular formula is C9H12N2O. The van der Waals surface area contributed by atoms with E-state index in [2.05, 4.69) is 0 Å². The lowest BCUT2D eigenvalue weighted by Gasteiger charge is -2.22. The van der Waals surface area contributed by atoms with Crippen LogP contribution in [0.4, 0.5) is 0 Å². The minimum Gasteiger partial charge on any atom is -0.327 e. The minimum absolute atomic E-state index is 0.0967. The van der Waals surface area contributed by atoms with Gasteiger partial charge in [0.25, 0.3) is 5.56 Å². The number of rotatable bonds is 0. The topological polar surface area (TPSA) is 48.0 Å². The molecular weight excluding hydrogens is 152 g/mol. The Morgan fingerprint density at radius 2 is 2.33 bits per heavy atom. The van der Waals surface area contributed by atoms with Crippen molar-refractivity contribution in [1.29, 1.82) is 0 Å². The van der Waals surface area contributed by atoms with Crippen LogP contribution >= 0.6 is 0 Å². The third-order valence-electron chi connectivity index (χ3n) is 2.33. The summed E-state index contributed by atoms with van der Waals surface area (Å²) in [5.41, 5.74) is 6.95. The number of pyridine rings is 1. The van der Waals surface area contributed by atoms with Crippen molar-refractivity contribution in [2.24, 2.45) is 5.73 Å². The predicted octanol–water partition coefficient (Wildman–Crippen LogP) is 0.122. The van der Waals surface area contributed by atoms with Crippen molar-refractivity contribution in [3.05, 3.63) is 34.2 Å². The van der Waals surface area contributed by atoms with Gasteiger partial charge in [-0.05, 0) is 12.5 Å². The maximum Gasteiger partial charge on any atom is 0.250 e. The summed E-state index contributed by atoms with van der Waals surface area (Å²) in [5, 5.41) is 0. The van der Waals surface area contributed by atoms with Crippen molar-refractivity contribution in [2.75, 3.05) is 0 Å². The van der Waals surface area contributed by atoms with Gasteiger partial charge in [-0.1, -0.05) is 6.07 Å². The molecule has 1 aromatic heterocycles. The van der Waals surface area contributed by atoms with E-state index in [4.69, 9.17) is 5.73 Å². The van der Waals surface area contributed by atoms with Crippen molar-refractivity contribution < 1.29 is 0 Å². The molecule has 2 rings (SSSR count). The van der Waals surface area contributed by atoms with Gasteiger partial charge in [-0.3, -0.25) is 4.79 Å². The molecule has 0 bridgehead atoms. The van der Waals surface area contributed by atoms with Gasteiger partial charge in [0.05, 0.1) is 0 Å². The smallest absolute Gasteiger partial charge is 0.250 e. The predicted molar refractivity (Wildman–Crippen MR) is 47.0 cm³/mol. The molecule has 0 fully saturated rings. The third kappa shape index (κ3) is 1.16. The number of hydrogen-bond donors (Lipinski definition) is 1. The molecule has 1 aliphatic rings. The molecule has 3 heteroatoms. The van der Waals surface area contributed by atoms with Gasteiger partial charge in [0.1, 0.15) is 0 Å². The first kappa shape index (κ1) is 7.55. The van der Waals surface area contributed by atoms with Crippen LogP contribution in [0.5, 0.6) is 0 Å². The lowest BCUT2D eigenvalue weighted by atomic mass is 10.0. The van der Waals surface area contributed by atoms with Crippen LogP contribution in [-0.4, -0.2) is 10.6 Å².